The topological polar surface area (TPSA) is 50.1 Å². The van der Waals surface area contributed by atoms with Gasteiger partial charge in [-0.25, -0.2) is 0 Å². The molecule has 3 nitrogen and oxygen atoms in total. The smallest absolute Gasteiger partial charge is 0.312 e. The fourth-order valence-electron chi connectivity index (χ4n) is 1.25. The van der Waals surface area contributed by atoms with E-state index in [1.165, 1.54) is 7.11 Å². The van der Waals surface area contributed by atoms with E-state index in [-0.39, 0.29) is 12.4 Å². The van der Waals surface area contributed by atoms with Crippen LogP contribution in [0.5, 0.6) is 0 Å². The second kappa shape index (κ2) is 5.58. The summed E-state index contributed by atoms with van der Waals surface area (Å²) >= 11 is 0. The van der Waals surface area contributed by atoms with Gasteiger partial charge in [-0.15, -0.1) is 0 Å². The van der Waals surface area contributed by atoms with E-state index in [9.17, 15) is 4.79 Å². The summed E-state index contributed by atoms with van der Waals surface area (Å²) in [4.78, 5) is 11.4. The molecule has 0 radical (unpaired) electrons. The van der Waals surface area contributed by atoms with Crippen LogP contribution in [0.2, 0.25) is 0 Å². The molecule has 74 valence electrons. The van der Waals surface area contributed by atoms with Gasteiger partial charge in [-0.1, -0.05) is 19.8 Å². The predicted molar refractivity (Wildman–Crippen MR) is 49.9 cm³/mol. The molecule has 1 atom stereocenters. The van der Waals surface area contributed by atoms with Crippen LogP contribution in [-0.2, 0) is 9.53 Å². The molecule has 0 spiro atoms. The minimum absolute atomic E-state index is 0.236. The molecule has 0 bridgehead atoms. The van der Waals surface area contributed by atoms with Gasteiger partial charge in [0.25, 0.3) is 0 Å². The third kappa shape index (κ3) is 3.45. The monoisotopic (exact) mass is 183 g/mol. The number of carbonyl (C=O) groups is 1. The van der Waals surface area contributed by atoms with Crippen LogP contribution in [-0.4, -0.2) is 13.1 Å². The molecular formula is C10H17NO2. The third-order valence-electron chi connectivity index (χ3n) is 2.23. The van der Waals surface area contributed by atoms with Crippen molar-refractivity contribution in [2.45, 2.75) is 39.5 Å². The van der Waals surface area contributed by atoms with Crippen LogP contribution < -0.4 is 0 Å². The summed E-state index contributed by atoms with van der Waals surface area (Å²) in [5.74, 6) is -0.275. The zero-order valence-corrected chi connectivity index (χ0v) is 8.59. The first-order valence-electron chi connectivity index (χ1n) is 4.56. The normalized spacial score (nSPS) is 14.3. The van der Waals surface area contributed by atoms with Crippen molar-refractivity contribution >= 4 is 5.97 Å². The summed E-state index contributed by atoms with van der Waals surface area (Å²) in [6.45, 7) is 3.85. The van der Waals surface area contributed by atoms with Crippen LogP contribution in [0.3, 0.4) is 0 Å². The molecule has 0 rings (SSSR count). The van der Waals surface area contributed by atoms with Crippen molar-refractivity contribution in [2.75, 3.05) is 7.11 Å². The molecule has 0 saturated heterocycles. The van der Waals surface area contributed by atoms with Crippen molar-refractivity contribution in [3.63, 3.8) is 0 Å². The minimum Gasteiger partial charge on any atom is -0.469 e. The first kappa shape index (κ1) is 12.0. The van der Waals surface area contributed by atoms with Gasteiger partial charge in [0.15, 0.2) is 0 Å². The van der Waals surface area contributed by atoms with Crippen molar-refractivity contribution < 1.29 is 9.53 Å². The van der Waals surface area contributed by atoms with Gasteiger partial charge in [0, 0.05) is 0 Å². The van der Waals surface area contributed by atoms with E-state index in [4.69, 9.17) is 5.26 Å². The summed E-state index contributed by atoms with van der Waals surface area (Å²) in [5.41, 5.74) is -0.612. The van der Waals surface area contributed by atoms with Gasteiger partial charge in [-0.05, 0) is 13.3 Å². The molecule has 3 heteroatoms. The highest BCUT2D eigenvalue weighted by molar-refractivity contribution is 5.76. The Bertz CT molecular complexity index is 207. The van der Waals surface area contributed by atoms with E-state index in [0.717, 1.165) is 19.3 Å². The zero-order chi connectivity index (χ0) is 10.3. The Morgan fingerprint density at radius 1 is 1.62 bits per heavy atom. The maximum atomic E-state index is 11.4. The highest BCUT2D eigenvalue weighted by Crippen LogP contribution is 2.29. The second-order valence-electron chi connectivity index (χ2n) is 3.49. The molecule has 0 N–H and O–H groups in total. The Labute approximate surface area is 79.7 Å². The molecular weight excluding hydrogens is 166 g/mol. The quantitative estimate of drug-likeness (QED) is 0.614. The molecule has 0 heterocycles. The fraction of sp³-hybridized carbons (Fsp3) is 0.800. The van der Waals surface area contributed by atoms with Crippen molar-refractivity contribution in [1.29, 1.82) is 5.26 Å². The van der Waals surface area contributed by atoms with Gasteiger partial charge < -0.3 is 4.74 Å². The molecule has 0 aliphatic carbocycles. The van der Waals surface area contributed by atoms with Crippen molar-refractivity contribution in [3.8, 4) is 6.07 Å². The summed E-state index contributed by atoms with van der Waals surface area (Å²) in [6.07, 6.45) is 2.94. The van der Waals surface area contributed by atoms with Gasteiger partial charge in [0.05, 0.1) is 25.0 Å². The number of methoxy groups -OCH3 is 1. The highest BCUT2D eigenvalue weighted by Gasteiger charge is 2.33. The van der Waals surface area contributed by atoms with Crippen LogP contribution in [0, 0.1) is 16.7 Å². The summed E-state index contributed by atoms with van der Waals surface area (Å²) in [7, 11) is 1.36. The number of hydrogen-bond donors (Lipinski definition) is 0. The van der Waals surface area contributed by atoms with E-state index in [1.807, 2.05) is 6.07 Å². The van der Waals surface area contributed by atoms with Crippen LogP contribution in [0.25, 0.3) is 0 Å². The zero-order valence-electron chi connectivity index (χ0n) is 8.59. The van der Waals surface area contributed by atoms with Crippen molar-refractivity contribution in [1.82, 2.24) is 0 Å². The SMILES string of the molecule is CCCCC(C)(CC#N)C(=O)OC. The lowest BCUT2D eigenvalue weighted by Crippen LogP contribution is -2.28. The Kier molecular flexibility index (Phi) is 5.13. The molecule has 0 aliphatic heterocycles. The van der Waals surface area contributed by atoms with Crippen LogP contribution in [0.1, 0.15) is 39.5 Å². The fourth-order valence-corrected chi connectivity index (χ4v) is 1.25. The summed E-state index contributed by atoms with van der Waals surface area (Å²) in [5, 5.41) is 8.59. The van der Waals surface area contributed by atoms with Gasteiger partial charge in [0.2, 0.25) is 0 Å². The van der Waals surface area contributed by atoms with E-state index < -0.39 is 5.41 Å². The van der Waals surface area contributed by atoms with Gasteiger partial charge in [-0.3, -0.25) is 4.79 Å². The molecule has 0 aliphatic rings. The number of ether oxygens (including phenoxy) is 1. The van der Waals surface area contributed by atoms with Crippen LogP contribution in [0.4, 0.5) is 0 Å². The Balaban J connectivity index is 4.34. The lowest BCUT2D eigenvalue weighted by atomic mass is 9.82. The maximum absolute atomic E-state index is 11.4. The number of unbranched alkanes of at least 4 members (excludes halogenated alkanes) is 1. The molecule has 1 unspecified atom stereocenters. The number of carbonyl (C=O) groups excluding carboxylic acids is 1. The molecule has 13 heavy (non-hydrogen) atoms. The molecule has 0 amide bonds. The average molecular weight is 183 g/mol. The van der Waals surface area contributed by atoms with Crippen LogP contribution >= 0.6 is 0 Å². The Hall–Kier alpha value is -1.04. The second-order valence-corrected chi connectivity index (χ2v) is 3.49. The van der Waals surface area contributed by atoms with Gasteiger partial charge in [-0.2, -0.15) is 5.26 Å². The largest absolute Gasteiger partial charge is 0.469 e. The lowest BCUT2D eigenvalue weighted by molar-refractivity contribution is -0.152. The number of nitriles is 1. The highest BCUT2D eigenvalue weighted by atomic mass is 16.5. The predicted octanol–water partition coefficient (Wildman–Crippen LogP) is 2.27. The first-order valence-corrected chi connectivity index (χ1v) is 4.56. The van der Waals surface area contributed by atoms with Gasteiger partial charge in [0.1, 0.15) is 0 Å². The van der Waals surface area contributed by atoms with E-state index in [1.54, 1.807) is 6.92 Å². The number of hydrogen-bond acceptors (Lipinski definition) is 3. The Morgan fingerprint density at radius 3 is 2.62 bits per heavy atom. The van der Waals surface area contributed by atoms with Crippen molar-refractivity contribution in [2.24, 2.45) is 5.41 Å². The number of rotatable bonds is 5. The molecule has 0 aromatic heterocycles. The van der Waals surface area contributed by atoms with E-state index >= 15 is 0 Å². The van der Waals surface area contributed by atoms with E-state index in [0.29, 0.717) is 0 Å². The molecule has 0 aromatic carbocycles. The van der Waals surface area contributed by atoms with Crippen molar-refractivity contribution in [3.05, 3.63) is 0 Å². The molecule has 0 fully saturated rings. The average Bonchev–Trinajstić information content (AvgIpc) is 2.14. The van der Waals surface area contributed by atoms with E-state index in [2.05, 4.69) is 11.7 Å². The summed E-state index contributed by atoms with van der Waals surface area (Å²) in [6, 6.07) is 2.03. The first-order chi connectivity index (χ1) is 6.10. The molecule has 0 saturated carbocycles. The summed E-state index contributed by atoms with van der Waals surface area (Å²) < 4.78 is 4.67. The lowest BCUT2D eigenvalue weighted by Gasteiger charge is -2.23. The third-order valence-corrected chi connectivity index (χ3v) is 2.23. The standard InChI is InChI=1S/C10H17NO2/c1-4-5-6-10(2,7-8-11)9(12)13-3/h4-7H2,1-3H3. The number of nitrogens with zero attached hydrogens (tertiary/aromatic N) is 1. The van der Waals surface area contributed by atoms with Gasteiger partial charge >= 0.3 is 5.97 Å². The maximum Gasteiger partial charge on any atom is 0.312 e. The minimum atomic E-state index is -0.612. The number of esters is 1. The Morgan fingerprint density at radius 2 is 2.23 bits per heavy atom. The van der Waals surface area contributed by atoms with Crippen LogP contribution in [0.15, 0.2) is 0 Å². The molecule has 0 aromatic rings.